The molecule has 4 nitrogen and oxygen atoms in total. The highest BCUT2D eigenvalue weighted by molar-refractivity contribution is 14.0. The molecule has 0 radical (unpaired) electrons. The summed E-state index contributed by atoms with van der Waals surface area (Å²) < 4.78 is 6.09. The summed E-state index contributed by atoms with van der Waals surface area (Å²) in [5.74, 6) is 3.62. The van der Waals surface area contributed by atoms with Gasteiger partial charge in [0, 0.05) is 38.0 Å². The van der Waals surface area contributed by atoms with E-state index in [0.717, 1.165) is 49.9 Å². The van der Waals surface area contributed by atoms with Gasteiger partial charge < -0.3 is 15.0 Å². The fourth-order valence-electron chi connectivity index (χ4n) is 5.21. The Morgan fingerprint density at radius 1 is 1.09 bits per heavy atom. The molecule has 4 rings (SSSR count). The number of hydrogen-bond acceptors (Lipinski definition) is 2. The van der Waals surface area contributed by atoms with Crippen molar-refractivity contribution in [2.45, 2.75) is 64.1 Å². The Hall–Kier alpha value is -0.0400. The average molecular weight is 433 g/mol. The summed E-state index contributed by atoms with van der Waals surface area (Å²) in [5, 5.41) is 3.52. The molecule has 0 aromatic carbocycles. The molecule has 4 unspecified atom stereocenters. The first-order valence-corrected chi connectivity index (χ1v) is 9.54. The molecule has 23 heavy (non-hydrogen) atoms. The Morgan fingerprint density at radius 2 is 1.74 bits per heavy atom. The van der Waals surface area contributed by atoms with E-state index >= 15 is 0 Å². The van der Waals surface area contributed by atoms with Crippen molar-refractivity contribution in [3.05, 3.63) is 0 Å². The van der Waals surface area contributed by atoms with Crippen molar-refractivity contribution in [3.63, 3.8) is 0 Å². The van der Waals surface area contributed by atoms with Gasteiger partial charge in [-0.05, 0) is 32.1 Å². The van der Waals surface area contributed by atoms with Crippen LogP contribution in [0.2, 0.25) is 0 Å². The summed E-state index contributed by atoms with van der Waals surface area (Å²) in [7, 11) is 0. The maximum absolute atomic E-state index is 6.09. The van der Waals surface area contributed by atoms with Crippen LogP contribution in [0.3, 0.4) is 0 Å². The molecular formula is C18H32IN3O. The van der Waals surface area contributed by atoms with Crippen molar-refractivity contribution >= 4 is 29.9 Å². The highest BCUT2D eigenvalue weighted by Gasteiger charge is 2.53. The van der Waals surface area contributed by atoms with Crippen molar-refractivity contribution in [1.29, 1.82) is 0 Å². The zero-order chi connectivity index (χ0) is 14.9. The van der Waals surface area contributed by atoms with E-state index in [4.69, 9.17) is 9.73 Å². The third-order valence-corrected chi connectivity index (χ3v) is 6.36. The van der Waals surface area contributed by atoms with E-state index in [0.29, 0.717) is 12.2 Å². The van der Waals surface area contributed by atoms with E-state index in [1.165, 1.54) is 44.9 Å². The van der Waals surface area contributed by atoms with Gasteiger partial charge in [-0.15, -0.1) is 24.0 Å². The summed E-state index contributed by atoms with van der Waals surface area (Å²) >= 11 is 0. The zero-order valence-corrected chi connectivity index (χ0v) is 16.7. The predicted octanol–water partition coefficient (Wildman–Crippen LogP) is 3.26. The molecule has 3 aliphatic heterocycles. The summed E-state index contributed by atoms with van der Waals surface area (Å²) in [6, 6.07) is 0. The number of hydrogen-bond donors (Lipinski definition) is 1. The fraction of sp³-hybridized carbons (Fsp3) is 0.944. The van der Waals surface area contributed by atoms with Crippen LogP contribution in [0.1, 0.15) is 51.9 Å². The Bertz CT molecular complexity index is 406. The van der Waals surface area contributed by atoms with Gasteiger partial charge >= 0.3 is 0 Å². The topological polar surface area (TPSA) is 36.9 Å². The summed E-state index contributed by atoms with van der Waals surface area (Å²) in [4.78, 5) is 7.46. The van der Waals surface area contributed by atoms with Crippen LogP contribution < -0.4 is 5.32 Å². The Balaban J connectivity index is 0.00000156. The minimum Gasteiger partial charge on any atom is -0.374 e. The molecule has 1 aliphatic carbocycles. The Kier molecular flexibility index (Phi) is 6.10. The lowest BCUT2D eigenvalue weighted by atomic mass is 9.82. The van der Waals surface area contributed by atoms with E-state index < -0.39 is 0 Å². The maximum Gasteiger partial charge on any atom is 0.193 e. The van der Waals surface area contributed by atoms with Crippen molar-refractivity contribution in [2.75, 3.05) is 26.2 Å². The van der Waals surface area contributed by atoms with Crippen LogP contribution in [0.4, 0.5) is 0 Å². The molecule has 0 aromatic rings. The number of fused-ring (bicyclic) bond motifs is 5. The van der Waals surface area contributed by atoms with Gasteiger partial charge in [0.15, 0.2) is 5.96 Å². The Morgan fingerprint density at radius 3 is 2.35 bits per heavy atom. The predicted molar refractivity (Wildman–Crippen MR) is 104 cm³/mol. The quantitative estimate of drug-likeness (QED) is 0.420. The van der Waals surface area contributed by atoms with Gasteiger partial charge in [0.25, 0.3) is 0 Å². The number of ether oxygens (including phenoxy) is 1. The summed E-state index contributed by atoms with van der Waals surface area (Å²) in [6.45, 7) is 6.46. The zero-order valence-electron chi connectivity index (χ0n) is 14.4. The molecule has 132 valence electrons. The molecule has 2 bridgehead atoms. The van der Waals surface area contributed by atoms with E-state index in [1.54, 1.807) is 0 Å². The first-order valence-electron chi connectivity index (χ1n) is 9.54. The minimum absolute atomic E-state index is 0. The van der Waals surface area contributed by atoms with Crippen molar-refractivity contribution in [2.24, 2.45) is 22.7 Å². The largest absolute Gasteiger partial charge is 0.374 e. The van der Waals surface area contributed by atoms with Crippen LogP contribution in [0.25, 0.3) is 0 Å². The molecule has 4 atom stereocenters. The molecule has 4 aliphatic rings. The number of likely N-dealkylation sites (tertiary alicyclic amines) is 1. The third-order valence-electron chi connectivity index (χ3n) is 6.36. The number of guanidine groups is 1. The van der Waals surface area contributed by atoms with Crippen molar-refractivity contribution in [3.8, 4) is 0 Å². The van der Waals surface area contributed by atoms with Crippen LogP contribution in [0.5, 0.6) is 0 Å². The van der Waals surface area contributed by atoms with Crippen molar-refractivity contribution < 1.29 is 4.74 Å². The normalized spacial score (nSPS) is 36.4. The molecule has 5 heteroatoms. The number of nitrogens with zero attached hydrogens (tertiary/aromatic N) is 2. The van der Waals surface area contributed by atoms with E-state index in [2.05, 4.69) is 17.1 Å². The van der Waals surface area contributed by atoms with Gasteiger partial charge in [-0.25, -0.2) is 0 Å². The van der Waals surface area contributed by atoms with Gasteiger partial charge in [-0.3, -0.25) is 4.99 Å². The summed E-state index contributed by atoms with van der Waals surface area (Å²) in [5.41, 5.74) is 0. The van der Waals surface area contributed by atoms with Crippen LogP contribution in [0.15, 0.2) is 4.99 Å². The molecule has 1 saturated carbocycles. The first kappa shape index (κ1) is 17.8. The van der Waals surface area contributed by atoms with Crippen LogP contribution >= 0.6 is 24.0 Å². The molecule has 0 spiro atoms. The molecular weight excluding hydrogens is 401 g/mol. The van der Waals surface area contributed by atoms with E-state index in [9.17, 15) is 0 Å². The van der Waals surface area contributed by atoms with Gasteiger partial charge in [0.05, 0.1) is 12.2 Å². The van der Waals surface area contributed by atoms with Crippen molar-refractivity contribution in [1.82, 2.24) is 10.2 Å². The SMILES string of the molecule is CCNC(=NCCC1CCCC1)N1CC2C3CCC(O3)C2C1.I. The molecule has 3 saturated heterocycles. The minimum atomic E-state index is 0. The molecule has 0 amide bonds. The number of aliphatic imine (C=N–C) groups is 1. The second-order valence-corrected chi connectivity index (χ2v) is 7.70. The smallest absolute Gasteiger partial charge is 0.193 e. The van der Waals surface area contributed by atoms with Crippen LogP contribution in [-0.4, -0.2) is 49.2 Å². The molecule has 0 aromatic heterocycles. The third kappa shape index (κ3) is 3.65. The highest BCUT2D eigenvalue weighted by atomic mass is 127. The Labute approximate surface area is 157 Å². The highest BCUT2D eigenvalue weighted by Crippen LogP contribution is 2.47. The lowest BCUT2D eigenvalue weighted by Gasteiger charge is -2.23. The van der Waals surface area contributed by atoms with Gasteiger partial charge in [-0.1, -0.05) is 25.7 Å². The average Bonchev–Trinajstić information content (AvgIpc) is 3.27. The molecule has 3 heterocycles. The first-order chi connectivity index (χ1) is 10.8. The summed E-state index contributed by atoms with van der Waals surface area (Å²) in [6.07, 6.45) is 10.7. The van der Waals surface area contributed by atoms with Gasteiger partial charge in [0.1, 0.15) is 0 Å². The van der Waals surface area contributed by atoms with Crippen LogP contribution in [0, 0.1) is 17.8 Å². The van der Waals surface area contributed by atoms with Gasteiger partial charge in [-0.2, -0.15) is 0 Å². The second kappa shape index (κ2) is 7.89. The lowest BCUT2D eigenvalue weighted by Crippen LogP contribution is -2.41. The fourth-order valence-corrected chi connectivity index (χ4v) is 5.21. The van der Waals surface area contributed by atoms with Gasteiger partial charge in [0.2, 0.25) is 0 Å². The monoisotopic (exact) mass is 433 g/mol. The van der Waals surface area contributed by atoms with E-state index in [-0.39, 0.29) is 24.0 Å². The second-order valence-electron chi connectivity index (χ2n) is 7.70. The standard InChI is InChI=1S/C18H31N3O.HI/c1-2-19-18(20-10-9-13-5-3-4-6-13)21-11-14-15(12-21)17-8-7-16(14)22-17;/h13-17H,2-12H2,1H3,(H,19,20);1H. The van der Waals surface area contributed by atoms with E-state index in [1.807, 2.05) is 0 Å². The number of nitrogens with one attached hydrogen (secondary N) is 1. The number of rotatable bonds is 4. The maximum atomic E-state index is 6.09. The molecule has 4 fully saturated rings. The molecule has 1 N–H and O–H groups in total. The lowest BCUT2D eigenvalue weighted by molar-refractivity contribution is 0.0767. The van der Waals surface area contributed by atoms with Crippen LogP contribution in [-0.2, 0) is 4.74 Å². The number of halogens is 1.